The fourth-order valence-electron chi connectivity index (χ4n) is 2.83. The molecule has 2 rings (SSSR count). The van der Waals surface area contributed by atoms with E-state index in [9.17, 15) is 4.79 Å². The van der Waals surface area contributed by atoms with E-state index >= 15 is 0 Å². The van der Waals surface area contributed by atoms with Crippen LogP contribution in [0, 0.1) is 0 Å². The maximum absolute atomic E-state index is 12.2. The Labute approximate surface area is 127 Å². The Bertz CT molecular complexity index is 416. The van der Waals surface area contributed by atoms with Crippen LogP contribution in [0.4, 0.5) is 0 Å². The summed E-state index contributed by atoms with van der Waals surface area (Å²) >= 11 is 0. The van der Waals surface area contributed by atoms with Crippen LogP contribution in [0.5, 0.6) is 0 Å². The molecule has 1 aliphatic rings. The van der Waals surface area contributed by atoms with Crippen molar-refractivity contribution in [3.8, 4) is 0 Å². The second-order valence-corrected chi connectivity index (χ2v) is 5.62. The summed E-state index contributed by atoms with van der Waals surface area (Å²) in [6.45, 7) is 1.46. The zero-order chi connectivity index (χ0) is 14.9. The summed E-state index contributed by atoms with van der Waals surface area (Å²) in [5.41, 5.74) is 6.70. The molecule has 3 N–H and O–H groups in total. The highest BCUT2D eigenvalue weighted by molar-refractivity contribution is 5.83. The lowest BCUT2D eigenvalue weighted by Gasteiger charge is -2.22. The van der Waals surface area contributed by atoms with E-state index in [-0.39, 0.29) is 11.8 Å². The molecule has 1 aromatic rings. The van der Waals surface area contributed by atoms with E-state index in [1.165, 1.54) is 19.3 Å². The number of amides is 1. The van der Waals surface area contributed by atoms with Gasteiger partial charge < -0.3 is 15.8 Å². The molecule has 0 heterocycles. The molecule has 0 radical (unpaired) electrons. The highest BCUT2D eigenvalue weighted by Crippen LogP contribution is 2.20. The molecule has 1 amide bonds. The van der Waals surface area contributed by atoms with Crippen molar-refractivity contribution in [1.82, 2.24) is 5.32 Å². The van der Waals surface area contributed by atoms with Gasteiger partial charge in [-0.05, 0) is 18.4 Å². The van der Waals surface area contributed by atoms with Gasteiger partial charge in [0, 0.05) is 13.1 Å². The van der Waals surface area contributed by atoms with Crippen LogP contribution < -0.4 is 11.1 Å². The molecule has 1 unspecified atom stereocenters. The van der Waals surface area contributed by atoms with Crippen molar-refractivity contribution in [2.45, 2.75) is 44.1 Å². The maximum atomic E-state index is 12.2. The molecule has 1 atom stereocenters. The second kappa shape index (κ2) is 8.80. The number of nitrogens with two attached hydrogens (primary N) is 1. The first kappa shape index (κ1) is 16.0. The largest absolute Gasteiger partial charge is 0.376 e. The van der Waals surface area contributed by atoms with Crippen molar-refractivity contribution < 1.29 is 9.53 Å². The minimum atomic E-state index is -0.277. The van der Waals surface area contributed by atoms with Crippen molar-refractivity contribution in [3.63, 3.8) is 0 Å². The number of hydrogen-bond acceptors (Lipinski definition) is 3. The number of nitrogens with one attached hydrogen (secondary N) is 1. The SMILES string of the molecule is NCC(C(=O)NCCOC1CCCCC1)c1ccccc1. The lowest BCUT2D eigenvalue weighted by molar-refractivity contribution is -0.122. The molecule has 4 heteroatoms. The highest BCUT2D eigenvalue weighted by atomic mass is 16.5. The first-order chi connectivity index (χ1) is 10.3. The number of hydrogen-bond donors (Lipinski definition) is 2. The Balaban J connectivity index is 1.70. The number of carbonyl (C=O) groups excluding carboxylic acids is 1. The highest BCUT2D eigenvalue weighted by Gasteiger charge is 2.18. The third-order valence-electron chi connectivity index (χ3n) is 4.06. The average Bonchev–Trinajstić information content (AvgIpc) is 2.54. The Morgan fingerprint density at radius 1 is 1.24 bits per heavy atom. The third kappa shape index (κ3) is 5.14. The van der Waals surface area contributed by atoms with Crippen LogP contribution in [0.15, 0.2) is 30.3 Å². The van der Waals surface area contributed by atoms with Gasteiger partial charge in [0.2, 0.25) is 5.91 Å². The normalized spacial score (nSPS) is 17.4. The molecule has 1 saturated carbocycles. The average molecular weight is 290 g/mol. The van der Waals surface area contributed by atoms with Crippen molar-refractivity contribution in [3.05, 3.63) is 35.9 Å². The number of benzene rings is 1. The first-order valence-corrected chi connectivity index (χ1v) is 7.95. The van der Waals surface area contributed by atoms with Gasteiger partial charge in [-0.1, -0.05) is 49.6 Å². The molecule has 1 aliphatic carbocycles. The van der Waals surface area contributed by atoms with E-state index in [1.807, 2.05) is 30.3 Å². The maximum Gasteiger partial charge on any atom is 0.228 e. The van der Waals surface area contributed by atoms with E-state index in [0.29, 0.717) is 25.8 Å². The fraction of sp³-hybridized carbons (Fsp3) is 0.588. The first-order valence-electron chi connectivity index (χ1n) is 7.95. The number of ether oxygens (including phenoxy) is 1. The summed E-state index contributed by atoms with van der Waals surface area (Å²) < 4.78 is 5.81. The van der Waals surface area contributed by atoms with Gasteiger partial charge in [0.15, 0.2) is 0 Å². The third-order valence-corrected chi connectivity index (χ3v) is 4.06. The van der Waals surface area contributed by atoms with Crippen molar-refractivity contribution in [2.24, 2.45) is 5.73 Å². The lowest BCUT2D eigenvalue weighted by Crippen LogP contribution is -2.36. The summed E-state index contributed by atoms with van der Waals surface area (Å²) in [5, 5.41) is 2.93. The van der Waals surface area contributed by atoms with Crippen molar-refractivity contribution in [2.75, 3.05) is 19.7 Å². The summed E-state index contributed by atoms with van der Waals surface area (Å²) in [6.07, 6.45) is 6.55. The summed E-state index contributed by atoms with van der Waals surface area (Å²) in [7, 11) is 0. The molecule has 21 heavy (non-hydrogen) atoms. The quantitative estimate of drug-likeness (QED) is 0.757. The second-order valence-electron chi connectivity index (χ2n) is 5.62. The van der Waals surface area contributed by atoms with E-state index in [1.54, 1.807) is 0 Å². The van der Waals surface area contributed by atoms with Crippen LogP contribution in [-0.4, -0.2) is 31.7 Å². The Kier molecular flexibility index (Phi) is 6.70. The molecule has 1 fully saturated rings. The van der Waals surface area contributed by atoms with Crippen LogP contribution in [-0.2, 0) is 9.53 Å². The molecular weight excluding hydrogens is 264 g/mol. The minimum Gasteiger partial charge on any atom is -0.376 e. The Morgan fingerprint density at radius 2 is 1.95 bits per heavy atom. The van der Waals surface area contributed by atoms with Gasteiger partial charge in [0.05, 0.1) is 18.6 Å². The van der Waals surface area contributed by atoms with Crippen LogP contribution in [0.2, 0.25) is 0 Å². The molecule has 0 aliphatic heterocycles. The lowest BCUT2D eigenvalue weighted by atomic mass is 9.98. The van der Waals surface area contributed by atoms with Gasteiger partial charge in [-0.25, -0.2) is 0 Å². The van der Waals surface area contributed by atoms with E-state index in [2.05, 4.69) is 5.32 Å². The molecule has 0 spiro atoms. The molecule has 116 valence electrons. The molecule has 0 bridgehead atoms. The van der Waals surface area contributed by atoms with Gasteiger partial charge in [0.25, 0.3) is 0 Å². The van der Waals surface area contributed by atoms with Crippen LogP contribution in [0.25, 0.3) is 0 Å². The van der Waals surface area contributed by atoms with Gasteiger partial charge in [-0.15, -0.1) is 0 Å². The number of rotatable bonds is 7. The summed E-state index contributed by atoms with van der Waals surface area (Å²) in [6, 6.07) is 9.67. The van der Waals surface area contributed by atoms with E-state index in [0.717, 1.165) is 18.4 Å². The van der Waals surface area contributed by atoms with Crippen molar-refractivity contribution in [1.29, 1.82) is 0 Å². The fourth-order valence-corrected chi connectivity index (χ4v) is 2.83. The van der Waals surface area contributed by atoms with Gasteiger partial charge in [0.1, 0.15) is 0 Å². The van der Waals surface area contributed by atoms with Gasteiger partial charge in [-0.3, -0.25) is 4.79 Å². The molecule has 4 nitrogen and oxygen atoms in total. The van der Waals surface area contributed by atoms with Gasteiger partial charge >= 0.3 is 0 Å². The zero-order valence-corrected chi connectivity index (χ0v) is 12.6. The van der Waals surface area contributed by atoms with Crippen LogP contribution in [0.1, 0.15) is 43.6 Å². The topological polar surface area (TPSA) is 64.4 Å². The monoisotopic (exact) mass is 290 g/mol. The Morgan fingerprint density at radius 3 is 2.62 bits per heavy atom. The number of carbonyl (C=O) groups is 1. The van der Waals surface area contributed by atoms with Gasteiger partial charge in [-0.2, -0.15) is 0 Å². The van der Waals surface area contributed by atoms with E-state index < -0.39 is 0 Å². The predicted molar refractivity (Wildman–Crippen MR) is 84.1 cm³/mol. The predicted octanol–water partition coefficient (Wildman–Crippen LogP) is 2.19. The van der Waals surface area contributed by atoms with E-state index in [4.69, 9.17) is 10.5 Å². The summed E-state index contributed by atoms with van der Waals surface area (Å²) in [5.74, 6) is -0.295. The smallest absolute Gasteiger partial charge is 0.228 e. The zero-order valence-electron chi connectivity index (χ0n) is 12.6. The Hall–Kier alpha value is -1.39. The summed E-state index contributed by atoms with van der Waals surface area (Å²) in [4.78, 5) is 12.2. The molecule has 0 aromatic heterocycles. The van der Waals surface area contributed by atoms with Crippen molar-refractivity contribution >= 4 is 5.91 Å². The molecule has 1 aromatic carbocycles. The molecule has 0 saturated heterocycles. The standard InChI is InChI=1S/C17H26N2O2/c18-13-16(14-7-3-1-4-8-14)17(20)19-11-12-21-15-9-5-2-6-10-15/h1,3-4,7-8,15-16H,2,5-6,9-13,18H2,(H,19,20). The molecular formula is C17H26N2O2. The minimum absolute atomic E-state index is 0.0176. The van der Waals surface area contributed by atoms with Crippen LogP contribution >= 0.6 is 0 Å². The van der Waals surface area contributed by atoms with Crippen LogP contribution in [0.3, 0.4) is 0 Å².